The number of nitrogens with two attached hydrogens (primary N) is 2. The molecule has 10 heteroatoms. The second-order valence-corrected chi connectivity index (χ2v) is 9.60. The SMILES string of the molecule is CCC(CC)(ONCC(O)C(Cc1ccccc1)OC(N)=O)S(=O)(=O)c1ccc(N)cc1. The summed E-state index contributed by atoms with van der Waals surface area (Å²) in [6, 6.07) is 15.0. The molecule has 0 spiro atoms. The number of amides is 1. The first-order valence-corrected chi connectivity index (χ1v) is 11.8. The number of primary amides is 1. The number of anilines is 1. The third-order valence-corrected chi connectivity index (χ3v) is 7.82. The summed E-state index contributed by atoms with van der Waals surface area (Å²) in [5, 5.41) is 10.6. The lowest BCUT2D eigenvalue weighted by Gasteiger charge is -2.32. The summed E-state index contributed by atoms with van der Waals surface area (Å²) in [6.07, 6.45) is -2.63. The van der Waals surface area contributed by atoms with Crippen molar-refractivity contribution in [2.24, 2.45) is 5.73 Å². The molecule has 0 saturated carbocycles. The van der Waals surface area contributed by atoms with E-state index in [-0.39, 0.29) is 30.7 Å². The molecule has 0 heterocycles. The van der Waals surface area contributed by atoms with E-state index in [0.717, 1.165) is 5.56 Å². The van der Waals surface area contributed by atoms with Gasteiger partial charge >= 0.3 is 6.09 Å². The number of hydrogen-bond donors (Lipinski definition) is 4. The Bertz CT molecular complexity index is 963. The van der Waals surface area contributed by atoms with Crippen molar-refractivity contribution in [1.29, 1.82) is 0 Å². The van der Waals surface area contributed by atoms with Gasteiger partial charge in [0.15, 0.2) is 4.93 Å². The highest BCUT2D eigenvalue weighted by molar-refractivity contribution is 7.92. The molecule has 32 heavy (non-hydrogen) atoms. The number of nitrogen functional groups attached to an aromatic ring is 1. The molecule has 0 saturated heterocycles. The highest BCUT2D eigenvalue weighted by Crippen LogP contribution is 2.33. The lowest BCUT2D eigenvalue weighted by Crippen LogP contribution is -2.48. The van der Waals surface area contributed by atoms with Crippen molar-refractivity contribution in [2.75, 3.05) is 12.3 Å². The molecule has 0 aliphatic heterocycles. The Hall–Kier alpha value is -2.66. The fraction of sp³-hybridized carbons (Fsp3) is 0.409. The van der Waals surface area contributed by atoms with Gasteiger partial charge in [-0.05, 0) is 42.7 Å². The van der Waals surface area contributed by atoms with E-state index >= 15 is 0 Å². The van der Waals surface area contributed by atoms with Crippen LogP contribution in [0.4, 0.5) is 10.5 Å². The summed E-state index contributed by atoms with van der Waals surface area (Å²) in [4.78, 5) is 15.5. The van der Waals surface area contributed by atoms with Crippen molar-refractivity contribution in [3.63, 3.8) is 0 Å². The number of benzene rings is 2. The molecule has 0 bridgehead atoms. The van der Waals surface area contributed by atoms with Crippen molar-refractivity contribution in [3.8, 4) is 0 Å². The van der Waals surface area contributed by atoms with Crippen LogP contribution in [-0.2, 0) is 25.8 Å². The lowest BCUT2D eigenvalue weighted by molar-refractivity contribution is -0.0836. The van der Waals surface area contributed by atoms with Crippen LogP contribution in [0, 0.1) is 0 Å². The van der Waals surface area contributed by atoms with Crippen LogP contribution in [0.3, 0.4) is 0 Å². The van der Waals surface area contributed by atoms with Crippen LogP contribution < -0.4 is 16.9 Å². The lowest BCUT2D eigenvalue weighted by atomic mass is 10.0. The molecule has 2 aromatic carbocycles. The van der Waals surface area contributed by atoms with Gasteiger partial charge in [0.05, 0.1) is 11.4 Å². The van der Waals surface area contributed by atoms with Gasteiger partial charge in [0.2, 0.25) is 9.84 Å². The molecule has 6 N–H and O–H groups in total. The fourth-order valence-corrected chi connectivity index (χ4v) is 5.19. The summed E-state index contributed by atoms with van der Waals surface area (Å²) in [5.41, 5.74) is 14.7. The van der Waals surface area contributed by atoms with E-state index in [9.17, 15) is 18.3 Å². The molecule has 0 aromatic heterocycles. The number of carbonyl (C=O) groups is 1. The smallest absolute Gasteiger partial charge is 0.404 e. The largest absolute Gasteiger partial charge is 0.443 e. The third-order valence-electron chi connectivity index (χ3n) is 5.28. The topological polar surface area (TPSA) is 154 Å². The molecule has 0 fully saturated rings. The Labute approximate surface area is 188 Å². The van der Waals surface area contributed by atoms with E-state index in [1.165, 1.54) is 24.3 Å². The number of aliphatic hydroxyl groups excluding tert-OH is 1. The van der Waals surface area contributed by atoms with E-state index in [1.54, 1.807) is 13.8 Å². The normalized spacial score (nSPS) is 14.0. The minimum Gasteiger partial charge on any atom is -0.443 e. The zero-order valence-corrected chi connectivity index (χ0v) is 19.0. The Morgan fingerprint density at radius 2 is 1.69 bits per heavy atom. The zero-order valence-electron chi connectivity index (χ0n) is 18.2. The molecular formula is C22H31N3O6S. The first-order valence-electron chi connectivity index (χ1n) is 10.3. The molecular weight excluding hydrogens is 434 g/mol. The summed E-state index contributed by atoms with van der Waals surface area (Å²) in [6.45, 7) is 3.21. The average Bonchev–Trinajstić information content (AvgIpc) is 2.77. The molecule has 9 nitrogen and oxygen atoms in total. The van der Waals surface area contributed by atoms with Crippen LogP contribution in [0.15, 0.2) is 59.5 Å². The minimum absolute atomic E-state index is 0.0803. The number of hydroxylamine groups is 1. The first-order chi connectivity index (χ1) is 15.1. The Balaban J connectivity index is 2.12. The van der Waals surface area contributed by atoms with Gasteiger partial charge in [-0.3, -0.25) is 4.84 Å². The predicted molar refractivity (Wildman–Crippen MR) is 121 cm³/mol. The summed E-state index contributed by atoms with van der Waals surface area (Å²) in [7, 11) is -3.89. The fourth-order valence-electron chi connectivity index (χ4n) is 3.33. The number of ether oxygens (including phenoxy) is 1. The van der Waals surface area contributed by atoms with Gasteiger partial charge in [-0.1, -0.05) is 44.2 Å². The third kappa shape index (κ3) is 6.19. The molecule has 2 atom stereocenters. The van der Waals surface area contributed by atoms with Crippen LogP contribution in [0.25, 0.3) is 0 Å². The van der Waals surface area contributed by atoms with Crippen molar-refractivity contribution >= 4 is 21.6 Å². The van der Waals surface area contributed by atoms with Crippen LogP contribution >= 0.6 is 0 Å². The molecule has 0 aliphatic rings. The summed E-state index contributed by atoms with van der Waals surface area (Å²) in [5.74, 6) is 0. The van der Waals surface area contributed by atoms with Gasteiger partial charge < -0.3 is 21.3 Å². The first kappa shape index (κ1) is 25.6. The maximum Gasteiger partial charge on any atom is 0.404 e. The van der Waals surface area contributed by atoms with E-state index in [4.69, 9.17) is 21.0 Å². The van der Waals surface area contributed by atoms with Gasteiger partial charge in [-0.2, -0.15) is 5.48 Å². The second kappa shape index (κ2) is 11.3. The molecule has 0 aliphatic carbocycles. The molecule has 0 radical (unpaired) electrons. The predicted octanol–water partition coefficient (Wildman–Crippen LogP) is 2.15. The van der Waals surface area contributed by atoms with Gasteiger partial charge in [0, 0.05) is 12.1 Å². The van der Waals surface area contributed by atoms with Gasteiger partial charge in [-0.15, -0.1) is 0 Å². The number of sulfone groups is 1. The number of hydrogen-bond acceptors (Lipinski definition) is 8. The highest BCUT2D eigenvalue weighted by atomic mass is 32.2. The van der Waals surface area contributed by atoms with E-state index < -0.39 is 33.1 Å². The molecule has 2 aromatic rings. The quantitative estimate of drug-likeness (QED) is 0.275. The standard InChI is InChI=1S/C22H31N3O6S/c1-3-22(4-2,32(28,29)18-12-10-17(23)11-13-18)31-25-15-19(26)20(30-21(24)27)14-16-8-6-5-7-9-16/h5-13,19-20,25-26H,3-4,14-15,23H2,1-2H3,(H2,24,27). The van der Waals surface area contributed by atoms with E-state index in [0.29, 0.717) is 5.69 Å². The van der Waals surface area contributed by atoms with E-state index in [2.05, 4.69) is 5.48 Å². The Morgan fingerprint density at radius 1 is 1.09 bits per heavy atom. The zero-order chi connectivity index (χ0) is 23.8. The molecule has 176 valence electrons. The Kier molecular flexibility index (Phi) is 9.02. The van der Waals surface area contributed by atoms with Gasteiger partial charge in [0.1, 0.15) is 12.2 Å². The molecule has 1 amide bonds. The Morgan fingerprint density at radius 3 is 2.22 bits per heavy atom. The monoisotopic (exact) mass is 465 g/mol. The van der Waals surface area contributed by atoms with Crippen LogP contribution in [0.5, 0.6) is 0 Å². The van der Waals surface area contributed by atoms with E-state index in [1.807, 2.05) is 30.3 Å². The maximum absolute atomic E-state index is 13.3. The number of aliphatic hydroxyl groups is 1. The average molecular weight is 466 g/mol. The highest BCUT2D eigenvalue weighted by Gasteiger charge is 2.44. The van der Waals surface area contributed by atoms with Crippen molar-refractivity contribution in [2.45, 2.75) is 55.1 Å². The van der Waals surface area contributed by atoms with Crippen molar-refractivity contribution in [3.05, 3.63) is 60.2 Å². The summed E-state index contributed by atoms with van der Waals surface area (Å²) >= 11 is 0. The minimum atomic E-state index is -3.89. The number of carbonyl (C=O) groups excluding carboxylic acids is 1. The molecule has 2 rings (SSSR count). The van der Waals surface area contributed by atoms with Crippen molar-refractivity contribution < 1.29 is 27.9 Å². The molecule has 2 unspecified atom stereocenters. The van der Waals surface area contributed by atoms with Crippen LogP contribution in [0.1, 0.15) is 32.3 Å². The van der Waals surface area contributed by atoms with Crippen molar-refractivity contribution in [1.82, 2.24) is 5.48 Å². The number of nitrogens with one attached hydrogen (secondary N) is 1. The number of rotatable bonds is 12. The van der Waals surface area contributed by atoms with Gasteiger partial charge in [-0.25, -0.2) is 13.2 Å². The van der Waals surface area contributed by atoms with Gasteiger partial charge in [0.25, 0.3) is 0 Å². The summed E-state index contributed by atoms with van der Waals surface area (Å²) < 4.78 is 31.6. The van der Waals surface area contributed by atoms with Crippen LogP contribution in [-0.4, -0.2) is 43.3 Å². The van der Waals surface area contributed by atoms with Crippen LogP contribution in [0.2, 0.25) is 0 Å². The maximum atomic E-state index is 13.3. The second-order valence-electron chi connectivity index (χ2n) is 7.37.